The molecule has 3 heteroatoms. The molecule has 164 valence electrons. The molecule has 0 amide bonds. The first-order valence-electron chi connectivity index (χ1n) is 11.7. The zero-order valence-corrected chi connectivity index (χ0v) is 18.8. The number of hydrogen-bond acceptors (Lipinski definition) is 1. The Morgan fingerprint density at radius 3 is 2.72 bits per heavy atom. The molecular weight excluding hydrogens is 366 g/mol. The maximum Gasteiger partial charge on any atom is 0.125 e. The summed E-state index contributed by atoms with van der Waals surface area (Å²) in [6.45, 7) is 8.46. The lowest BCUT2D eigenvalue weighted by Gasteiger charge is -2.27. The summed E-state index contributed by atoms with van der Waals surface area (Å²) < 4.78 is 34.2. The largest absolute Gasteiger partial charge is 0.372 e. The summed E-state index contributed by atoms with van der Waals surface area (Å²) in [6, 6.07) is 0. The maximum absolute atomic E-state index is 14.7. The van der Waals surface area contributed by atoms with E-state index in [1.165, 1.54) is 19.3 Å². The topological polar surface area (TPSA) is 9.23 Å². The Morgan fingerprint density at radius 1 is 1.31 bits per heavy atom. The van der Waals surface area contributed by atoms with Crippen molar-refractivity contribution in [1.82, 2.24) is 0 Å². The van der Waals surface area contributed by atoms with E-state index in [1.807, 2.05) is 13.0 Å². The van der Waals surface area contributed by atoms with Gasteiger partial charge in [0.25, 0.3) is 0 Å². The van der Waals surface area contributed by atoms with Gasteiger partial charge < -0.3 is 4.74 Å². The molecule has 4 unspecified atom stereocenters. The van der Waals surface area contributed by atoms with Crippen LogP contribution >= 0.6 is 0 Å². The van der Waals surface area contributed by atoms with Crippen molar-refractivity contribution in [2.45, 2.75) is 85.2 Å². The highest BCUT2D eigenvalue weighted by molar-refractivity contribution is 5.29. The second kappa shape index (κ2) is 12.5. The summed E-state index contributed by atoms with van der Waals surface area (Å²) in [7, 11) is 0. The molecule has 0 bridgehead atoms. The van der Waals surface area contributed by atoms with E-state index >= 15 is 0 Å². The van der Waals surface area contributed by atoms with Gasteiger partial charge in [-0.05, 0) is 107 Å². The third-order valence-corrected chi connectivity index (χ3v) is 6.56. The van der Waals surface area contributed by atoms with Crippen molar-refractivity contribution in [3.05, 3.63) is 47.6 Å². The molecule has 0 aromatic heterocycles. The molecule has 0 fully saturated rings. The molecule has 0 aliphatic heterocycles. The van der Waals surface area contributed by atoms with Gasteiger partial charge in [0.1, 0.15) is 17.8 Å². The fourth-order valence-electron chi connectivity index (χ4n) is 4.56. The summed E-state index contributed by atoms with van der Waals surface area (Å²) in [5.74, 6) is 1.39. The Hall–Kier alpha value is -1.22. The summed E-state index contributed by atoms with van der Waals surface area (Å²) in [5, 5.41) is 0. The van der Waals surface area contributed by atoms with Crippen LogP contribution in [-0.4, -0.2) is 12.7 Å². The molecule has 0 saturated heterocycles. The number of hydrogen-bond donors (Lipinski definition) is 0. The van der Waals surface area contributed by atoms with Crippen molar-refractivity contribution >= 4 is 0 Å². The van der Waals surface area contributed by atoms with E-state index in [-0.39, 0.29) is 17.6 Å². The Morgan fingerprint density at radius 2 is 2.10 bits per heavy atom. The average Bonchev–Trinajstić information content (AvgIpc) is 2.72. The van der Waals surface area contributed by atoms with E-state index in [9.17, 15) is 8.78 Å². The van der Waals surface area contributed by atoms with E-state index < -0.39 is 6.10 Å². The van der Waals surface area contributed by atoms with Crippen LogP contribution in [0.4, 0.5) is 8.78 Å². The second-order valence-corrected chi connectivity index (χ2v) is 8.83. The zero-order chi connectivity index (χ0) is 21.2. The smallest absolute Gasteiger partial charge is 0.125 e. The van der Waals surface area contributed by atoms with Crippen molar-refractivity contribution in [2.24, 2.45) is 23.7 Å². The Labute approximate surface area is 177 Å². The van der Waals surface area contributed by atoms with Gasteiger partial charge in [-0.3, -0.25) is 0 Å². The predicted octanol–water partition coefficient (Wildman–Crippen LogP) is 8.25. The standard InChI is InChI=1S/C26H40F2O/c1-5-21(17-25(27)20(4)29-6-2)12-14-24-15-13-22(18-26(24)28)16-19(3)23-10-8-7-9-11-23/h8,10,15,17-23H,5-7,9,11-14,16H2,1-4H3/b25-17+/t19?,20?,21-,22?,23?/m0/s1. The van der Waals surface area contributed by atoms with Crippen LogP contribution in [-0.2, 0) is 4.74 Å². The minimum atomic E-state index is -0.499. The summed E-state index contributed by atoms with van der Waals surface area (Å²) >= 11 is 0. The molecule has 2 aliphatic carbocycles. The van der Waals surface area contributed by atoms with Crippen LogP contribution in [0.15, 0.2) is 47.6 Å². The molecule has 0 radical (unpaired) electrons. The fourth-order valence-corrected chi connectivity index (χ4v) is 4.56. The molecule has 0 aromatic carbocycles. The molecule has 0 N–H and O–H groups in total. The normalized spacial score (nSPS) is 25.9. The van der Waals surface area contributed by atoms with Gasteiger partial charge in [0.2, 0.25) is 0 Å². The van der Waals surface area contributed by atoms with Crippen molar-refractivity contribution in [1.29, 1.82) is 0 Å². The molecule has 1 nitrogen and oxygen atoms in total. The van der Waals surface area contributed by atoms with E-state index in [1.54, 1.807) is 13.0 Å². The molecule has 5 atom stereocenters. The van der Waals surface area contributed by atoms with Crippen LogP contribution in [0, 0.1) is 23.7 Å². The highest BCUT2D eigenvalue weighted by Crippen LogP contribution is 2.35. The van der Waals surface area contributed by atoms with Crippen LogP contribution < -0.4 is 0 Å². The monoisotopic (exact) mass is 406 g/mol. The van der Waals surface area contributed by atoms with Crippen molar-refractivity contribution in [3.63, 3.8) is 0 Å². The van der Waals surface area contributed by atoms with Gasteiger partial charge >= 0.3 is 0 Å². The van der Waals surface area contributed by atoms with Crippen molar-refractivity contribution in [2.75, 3.05) is 6.61 Å². The molecule has 2 aliphatic rings. The molecule has 0 spiro atoms. The first-order valence-corrected chi connectivity index (χ1v) is 11.7. The summed E-state index contributed by atoms with van der Waals surface area (Å²) in [6.07, 6.45) is 17.8. The first-order chi connectivity index (χ1) is 13.9. The molecular formula is C26H40F2O. The third kappa shape index (κ3) is 7.85. The molecule has 2 rings (SSSR count). The van der Waals surface area contributed by atoms with E-state index in [2.05, 4.69) is 32.1 Å². The fraction of sp³-hybridized carbons (Fsp3) is 0.692. The summed E-state index contributed by atoms with van der Waals surface area (Å²) in [5.41, 5.74) is 0.802. The highest BCUT2D eigenvalue weighted by atomic mass is 19.1. The van der Waals surface area contributed by atoms with Crippen molar-refractivity contribution < 1.29 is 13.5 Å². The molecule has 0 heterocycles. The average molecular weight is 407 g/mol. The van der Waals surface area contributed by atoms with E-state index in [4.69, 9.17) is 4.74 Å². The lowest BCUT2D eigenvalue weighted by molar-refractivity contribution is 0.0846. The van der Waals surface area contributed by atoms with Gasteiger partial charge in [-0.15, -0.1) is 0 Å². The van der Waals surface area contributed by atoms with Gasteiger partial charge in [-0.1, -0.05) is 32.1 Å². The van der Waals surface area contributed by atoms with Crippen LogP contribution in [0.25, 0.3) is 0 Å². The lowest BCUT2D eigenvalue weighted by Crippen LogP contribution is -2.16. The number of rotatable bonds is 11. The van der Waals surface area contributed by atoms with Gasteiger partial charge in [-0.25, -0.2) is 8.78 Å². The van der Waals surface area contributed by atoms with Crippen molar-refractivity contribution in [3.8, 4) is 0 Å². The van der Waals surface area contributed by atoms with Gasteiger partial charge in [0.15, 0.2) is 0 Å². The van der Waals surface area contributed by atoms with E-state index in [0.29, 0.717) is 30.8 Å². The minimum absolute atomic E-state index is 0.0605. The Kier molecular flexibility index (Phi) is 10.3. The van der Waals surface area contributed by atoms with Gasteiger partial charge in [-0.2, -0.15) is 0 Å². The SMILES string of the molecule is CCOC(C)/C(F)=C\[C@@H](CC)CCC1=CCC(CC(C)C2C=CCCC2)C=C1F. The molecule has 0 aromatic rings. The van der Waals surface area contributed by atoms with Crippen LogP contribution in [0.3, 0.4) is 0 Å². The van der Waals surface area contributed by atoms with Gasteiger partial charge in [0.05, 0.1) is 0 Å². The zero-order valence-electron chi connectivity index (χ0n) is 18.8. The maximum atomic E-state index is 14.7. The number of halogens is 2. The molecule has 29 heavy (non-hydrogen) atoms. The highest BCUT2D eigenvalue weighted by Gasteiger charge is 2.23. The lowest BCUT2D eigenvalue weighted by atomic mass is 9.78. The number of allylic oxidation sites excluding steroid dienone is 7. The van der Waals surface area contributed by atoms with Crippen LogP contribution in [0.1, 0.15) is 79.1 Å². The quantitative estimate of drug-likeness (QED) is 0.314. The minimum Gasteiger partial charge on any atom is -0.372 e. The van der Waals surface area contributed by atoms with Gasteiger partial charge in [0, 0.05) is 6.61 Å². The molecule has 0 saturated carbocycles. The third-order valence-electron chi connectivity index (χ3n) is 6.56. The Bertz CT molecular complexity index is 616. The Balaban J connectivity index is 1.84. The second-order valence-electron chi connectivity index (χ2n) is 8.83. The van der Waals surface area contributed by atoms with Crippen LogP contribution in [0.5, 0.6) is 0 Å². The number of ether oxygens (including phenoxy) is 1. The first kappa shape index (κ1) is 24.1. The summed E-state index contributed by atoms with van der Waals surface area (Å²) in [4.78, 5) is 0. The van der Waals surface area contributed by atoms with E-state index in [0.717, 1.165) is 31.3 Å². The predicted molar refractivity (Wildman–Crippen MR) is 119 cm³/mol. The van der Waals surface area contributed by atoms with Crippen LogP contribution in [0.2, 0.25) is 0 Å².